The van der Waals surface area contributed by atoms with Gasteiger partial charge in [0.25, 0.3) is 0 Å². The molecule has 0 aromatic heterocycles. The summed E-state index contributed by atoms with van der Waals surface area (Å²) >= 11 is 0. The molecule has 2 aromatic rings. The first-order valence-electron chi connectivity index (χ1n) is 5.78. The van der Waals surface area contributed by atoms with Crippen LogP contribution in [0, 0.1) is 0 Å². The average Bonchev–Trinajstić information content (AvgIpc) is 2.38. The first-order chi connectivity index (χ1) is 10.2. The Kier molecular flexibility index (Phi) is 12.3. The number of rotatable bonds is 2. The number of hydrogen-bond donors (Lipinski definition) is 2. The normalized spacial score (nSPS) is 8.67. The van der Waals surface area contributed by atoms with E-state index in [2.05, 4.69) is 0 Å². The van der Waals surface area contributed by atoms with Gasteiger partial charge in [0.1, 0.15) is 0 Å². The van der Waals surface area contributed by atoms with E-state index in [1.54, 1.807) is 0 Å². The molecular formula is C14H10Ca2N2O6. The van der Waals surface area contributed by atoms with Crippen LogP contribution in [0.4, 0.5) is 11.4 Å². The summed E-state index contributed by atoms with van der Waals surface area (Å²) in [6.07, 6.45) is 0. The number of aromatic carboxylic acids is 2. The first-order valence-corrected chi connectivity index (χ1v) is 5.78. The molecule has 0 unspecified atom stereocenters. The Morgan fingerprint density at radius 2 is 1.00 bits per heavy atom. The van der Waals surface area contributed by atoms with Gasteiger partial charge >= 0.3 is 75.5 Å². The molecular weight excluding hydrogens is 372 g/mol. The fourth-order valence-corrected chi connectivity index (χ4v) is 1.42. The van der Waals surface area contributed by atoms with E-state index in [0.29, 0.717) is 0 Å². The summed E-state index contributed by atoms with van der Waals surface area (Å²) < 4.78 is 0. The Bertz CT molecular complexity index is 663. The Hall–Kier alpha value is -0.901. The topological polar surface area (TPSA) is 178 Å². The maximum Gasteiger partial charge on any atom is 2.00 e. The van der Waals surface area contributed by atoms with Gasteiger partial charge in [0.05, 0.1) is 11.9 Å². The first kappa shape index (κ1) is 25.3. The SMILES string of the molecule is Nc1ccc(C(=O)[O-])c([O-])c1.Nc1ccc(C(=O)[O-])c([O-])c1.[Ca+2].[Ca+2]. The van der Waals surface area contributed by atoms with Gasteiger partial charge in [0.2, 0.25) is 0 Å². The number of hydrogen-bond acceptors (Lipinski definition) is 8. The van der Waals surface area contributed by atoms with Crippen LogP contribution >= 0.6 is 0 Å². The maximum absolute atomic E-state index is 10.8. The number of carbonyl (C=O) groups is 2. The van der Waals surface area contributed by atoms with E-state index in [1.807, 2.05) is 0 Å². The summed E-state index contributed by atoms with van der Waals surface area (Å²) in [6, 6.07) is 7.04. The van der Waals surface area contributed by atoms with Crippen molar-refractivity contribution < 1.29 is 30.0 Å². The number of nitrogen functional groups attached to an aromatic ring is 2. The zero-order valence-electron chi connectivity index (χ0n) is 12.5. The van der Waals surface area contributed by atoms with Crippen LogP contribution in [0.5, 0.6) is 11.5 Å². The van der Waals surface area contributed by atoms with E-state index < -0.39 is 23.4 Å². The van der Waals surface area contributed by atoms with Crippen molar-refractivity contribution >= 4 is 98.8 Å². The number of anilines is 2. The van der Waals surface area contributed by atoms with Crippen LogP contribution in [0.3, 0.4) is 0 Å². The van der Waals surface area contributed by atoms with Crippen molar-refractivity contribution in [1.29, 1.82) is 0 Å². The number of carboxylic acid groups (broad SMARTS) is 2. The molecule has 2 rings (SSSR count). The smallest absolute Gasteiger partial charge is 0.872 e. The summed E-state index contributed by atoms with van der Waals surface area (Å²) in [7, 11) is 0. The minimum atomic E-state index is -1.48. The molecule has 0 radical (unpaired) electrons. The van der Waals surface area contributed by atoms with Gasteiger partial charge in [-0.15, -0.1) is 0 Å². The van der Waals surface area contributed by atoms with Gasteiger partial charge in [-0.3, -0.25) is 0 Å². The Morgan fingerprint density at radius 1 is 0.708 bits per heavy atom. The van der Waals surface area contributed by atoms with Crippen LogP contribution in [0.1, 0.15) is 20.7 Å². The van der Waals surface area contributed by atoms with Gasteiger partial charge in [-0.1, -0.05) is 23.6 Å². The summed E-state index contributed by atoms with van der Waals surface area (Å²) in [4.78, 5) is 20.4. The maximum atomic E-state index is 10.8. The zero-order chi connectivity index (χ0) is 16.9. The molecule has 0 fully saturated rings. The molecule has 0 aliphatic heterocycles. The minimum absolute atomic E-state index is 0. The second-order valence-electron chi connectivity index (χ2n) is 4.09. The van der Waals surface area contributed by atoms with Gasteiger partial charge in [-0.05, 0) is 35.4 Å². The van der Waals surface area contributed by atoms with Crippen LogP contribution in [-0.4, -0.2) is 87.4 Å². The molecule has 0 atom stereocenters. The van der Waals surface area contributed by atoms with Gasteiger partial charge in [0, 0.05) is 11.4 Å². The molecule has 0 amide bonds. The molecule has 8 nitrogen and oxygen atoms in total. The van der Waals surface area contributed by atoms with E-state index in [9.17, 15) is 30.0 Å². The molecule has 2 aromatic carbocycles. The third-order valence-electron chi connectivity index (χ3n) is 2.45. The molecule has 10 heteroatoms. The predicted molar refractivity (Wildman–Crippen MR) is 80.8 cm³/mol. The zero-order valence-corrected chi connectivity index (χ0v) is 16.9. The van der Waals surface area contributed by atoms with Crippen LogP contribution in [0.2, 0.25) is 0 Å². The molecule has 0 saturated heterocycles. The van der Waals surface area contributed by atoms with Crippen molar-refractivity contribution in [3.8, 4) is 11.5 Å². The van der Waals surface area contributed by atoms with E-state index >= 15 is 0 Å². The van der Waals surface area contributed by atoms with Crippen LogP contribution in [-0.2, 0) is 0 Å². The largest absolute Gasteiger partial charge is 2.00 e. The third-order valence-corrected chi connectivity index (χ3v) is 2.45. The van der Waals surface area contributed by atoms with E-state index in [1.165, 1.54) is 12.1 Å². The van der Waals surface area contributed by atoms with Crippen molar-refractivity contribution in [2.45, 2.75) is 0 Å². The van der Waals surface area contributed by atoms with E-state index in [4.69, 9.17) is 11.5 Å². The number of benzene rings is 2. The summed E-state index contributed by atoms with van der Waals surface area (Å²) in [5.74, 6) is -4.19. The van der Waals surface area contributed by atoms with Crippen LogP contribution in [0.25, 0.3) is 0 Å². The van der Waals surface area contributed by atoms with Crippen molar-refractivity contribution in [1.82, 2.24) is 0 Å². The Balaban J connectivity index is 0. The quantitative estimate of drug-likeness (QED) is 0.399. The molecule has 0 spiro atoms. The second-order valence-corrected chi connectivity index (χ2v) is 4.09. The molecule has 0 saturated carbocycles. The van der Waals surface area contributed by atoms with Gasteiger partial charge in [-0.2, -0.15) is 0 Å². The molecule has 0 aliphatic rings. The summed E-state index contributed by atoms with van der Waals surface area (Å²) in [6.45, 7) is 0. The molecule has 0 aliphatic carbocycles. The molecule has 4 N–H and O–H groups in total. The average molecular weight is 382 g/mol. The van der Waals surface area contributed by atoms with Crippen LogP contribution < -0.4 is 31.9 Å². The standard InChI is InChI=1S/2C7H7NO3.2Ca/c2*8-4-1-2-5(7(10)11)6(9)3-4;;/h2*1-3,9H,8H2,(H,10,11);;/q;;2*+2/p-4. The number of nitrogens with two attached hydrogens (primary N) is 2. The summed E-state index contributed by atoms with van der Waals surface area (Å²) in [5.41, 5.74) is 10.2. The van der Waals surface area contributed by atoms with Gasteiger partial charge < -0.3 is 41.5 Å². The van der Waals surface area contributed by atoms with Crippen molar-refractivity contribution in [2.75, 3.05) is 11.5 Å². The molecule has 0 bridgehead atoms. The van der Waals surface area contributed by atoms with Gasteiger partial charge in [-0.25, -0.2) is 0 Å². The minimum Gasteiger partial charge on any atom is -0.872 e. The molecule has 24 heavy (non-hydrogen) atoms. The Labute approximate surface area is 197 Å². The van der Waals surface area contributed by atoms with E-state index in [0.717, 1.165) is 24.3 Å². The molecule has 0 heterocycles. The third kappa shape index (κ3) is 7.78. The Morgan fingerprint density at radius 3 is 1.21 bits per heavy atom. The van der Waals surface area contributed by atoms with Gasteiger partial charge in [0.15, 0.2) is 0 Å². The monoisotopic (exact) mass is 382 g/mol. The second kappa shape index (κ2) is 11.6. The number of carboxylic acids is 2. The number of carbonyl (C=O) groups excluding carboxylic acids is 2. The predicted octanol–water partition coefficient (Wildman–Crippen LogP) is -3.35. The van der Waals surface area contributed by atoms with E-state index in [-0.39, 0.29) is 98.0 Å². The summed E-state index contributed by atoms with van der Waals surface area (Å²) in [5, 5.41) is 41.9. The van der Waals surface area contributed by atoms with Crippen molar-refractivity contribution in [2.24, 2.45) is 0 Å². The molecule has 116 valence electrons. The van der Waals surface area contributed by atoms with Crippen molar-refractivity contribution in [3.05, 3.63) is 47.5 Å². The van der Waals surface area contributed by atoms with Crippen molar-refractivity contribution in [3.63, 3.8) is 0 Å². The van der Waals surface area contributed by atoms with Crippen LogP contribution in [0.15, 0.2) is 36.4 Å². The fourth-order valence-electron chi connectivity index (χ4n) is 1.42. The fraction of sp³-hybridized carbons (Fsp3) is 0.